The van der Waals surface area contributed by atoms with Crippen molar-refractivity contribution >= 4 is 17.2 Å². The molecule has 4 N–H and O–H groups in total. The van der Waals surface area contributed by atoms with Crippen molar-refractivity contribution in [2.45, 2.75) is 31.8 Å². The second-order valence-electron chi connectivity index (χ2n) is 4.82. The number of nitrogens with two attached hydrogens (primary N) is 1. The minimum absolute atomic E-state index is 0.0941. The van der Waals surface area contributed by atoms with Crippen LogP contribution in [0, 0.1) is 0 Å². The molecule has 2 atom stereocenters. The fourth-order valence-corrected chi connectivity index (χ4v) is 2.78. The number of hydrogen-bond donors (Lipinski definition) is 3. The number of benzene rings is 1. The molecule has 1 aromatic carbocycles. The molecule has 0 fully saturated rings. The van der Waals surface area contributed by atoms with Crippen LogP contribution in [-0.2, 0) is 11.2 Å². The normalized spacial score (nSPS) is 13.6. The number of carbonyl (C=O) groups is 1. The van der Waals surface area contributed by atoms with Gasteiger partial charge in [-0.05, 0) is 30.5 Å². The summed E-state index contributed by atoms with van der Waals surface area (Å²) in [7, 11) is 0. The summed E-state index contributed by atoms with van der Waals surface area (Å²) in [4.78, 5) is 16.4. The molecule has 112 valence electrons. The highest BCUT2D eigenvalue weighted by molar-refractivity contribution is 7.09. The van der Waals surface area contributed by atoms with Gasteiger partial charge in [0.25, 0.3) is 0 Å². The Balaban J connectivity index is 1.94. The number of phenolic OH excluding ortho intramolecular Hbond substituents is 1. The summed E-state index contributed by atoms with van der Waals surface area (Å²) in [6.45, 7) is 2.00. The fourth-order valence-electron chi connectivity index (χ4n) is 2.00. The van der Waals surface area contributed by atoms with Gasteiger partial charge in [-0.3, -0.25) is 4.79 Å². The zero-order valence-corrected chi connectivity index (χ0v) is 12.6. The van der Waals surface area contributed by atoms with Crippen LogP contribution in [0.2, 0.25) is 0 Å². The number of nitrogens with one attached hydrogen (secondary N) is 1. The maximum Gasteiger partial charge on any atom is 0.237 e. The van der Waals surface area contributed by atoms with Gasteiger partial charge in [0.1, 0.15) is 10.8 Å². The first-order chi connectivity index (χ1) is 10.1. The predicted octanol–water partition coefficient (Wildman–Crippen LogP) is 1.99. The maximum atomic E-state index is 12.2. The van der Waals surface area contributed by atoms with Crippen LogP contribution in [0.5, 0.6) is 5.75 Å². The summed E-state index contributed by atoms with van der Waals surface area (Å²) < 4.78 is 0. The van der Waals surface area contributed by atoms with Crippen LogP contribution >= 0.6 is 11.3 Å². The summed E-state index contributed by atoms with van der Waals surface area (Å²) in [5.41, 5.74) is 6.87. The van der Waals surface area contributed by atoms with Crippen LogP contribution in [0.3, 0.4) is 0 Å². The molecule has 5 nitrogen and oxygen atoms in total. The van der Waals surface area contributed by atoms with Crippen molar-refractivity contribution in [2.75, 3.05) is 0 Å². The molecule has 2 rings (SSSR count). The van der Waals surface area contributed by atoms with E-state index in [2.05, 4.69) is 10.3 Å². The number of hydrogen-bond acceptors (Lipinski definition) is 5. The first-order valence-corrected chi connectivity index (χ1v) is 7.71. The molecule has 2 aromatic rings. The van der Waals surface area contributed by atoms with Gasteiger partial charge in [-0.1, -0.05) is 19.1 Å². The zero-order valence-electron chi connectivity index (χ0n) is 11.8. The number of nitrogens with zero attached hydrogens (tertiary/aromatic N) is 1. The Morgan fingerprint density at radius 3 is 2.71 bits per heavy atom. The molecule has 1 aromatic heterocycles. The van der Waals surface area contributed by atoms with Crippen LogP contribution < -0.4 is 11.1 Å². The maximum absolute atomic E-state index is 12.2. The highest BCUT2D eigenvalue weighted by Gasteiger charge is 2.20. The van der Waals surface area contributed by atoms with Crippen LogP contribution in [-0.4, -0.2) is 22.0 Å². The van der Waals surface area contributed by atoms with Crippen molar-refractivity contribution in [3.63, 3.8) is 0 Å². The number of aromatic hydroxyl groups is 1. The van der Waals surface area contributed by atoms with E-state index in [1.165, 1.54) is 11.3 Å². The second kappa shape index (κ2) is 7.19. The molecule has 1 heterocycles. The summed E-state index contributed by atoms with van der Waals surface area (Å²) in [6, 6.07) is 5.99. The molecule has 0 aliphatic heterocycles. The first kappa shape index (κ1) is 15.5. The minimum Gasteiger partial charge on any atom is -0.508 e. The van der Waals surface area contributed by atoms with E-state index in [0.717, 1.165) is 17.0 Å². The van der Waals surface area contributed by atoms with Crippen molar-refractivity contribution in [1.82, 2.24) is 10.3 Å². The van der Waals surface area contributed by atoms with Gasteiger partial charge in [-0.2, -0.15) is 0 Å². The zero-order chi connectivity index (χ0) is 15.2. The minimum atomic E-state index is -0.622. The molecule has 0 bridgehead atoms. The van der Waals surface area contributed by atoms with Crippen LogP contribution in [0.4, 0.5) is 0 Å². The van der Waals surface area contributed by atoms with Crippen LogP contribution in [0.15, 0.2) is 35.8 Å². The lowest BCUT2D eigenvalue weighted by molar-refractivity contribution is -0.123. The summed E-state index contributed by atoms with van der Waals surface area (Å²) >= 11 is 1.52. The Hall–Kier alpha value is -1.92. The van der Waals surface area contributed by atoms with E-state index in [0.29, 0.717) is 6.42 Å². The molecule has 0 saturated carbocycles. The Bertz CT molecular complexity index is 569. The van der Waals surface area contributed by atoms with Gasteiger partial charge in [0.2, 0.25) is 5.91 Å². The van der Waals surface area contributed by atoms with Crippen molar-refractivity contribution in [3.05, 3.63) is 46.4 Å². The molecule has 21 heavy (non-hydrogen) atoms. The lowest BCUT2D eigenvalue weighted by Crippen LogP contribution is -2.43. The van der Waals surface area contributed by atoms with Gasteiger partial charge >= 0.3 is 0 Å². The molecule has 0 saturated heterocycles. The van der Waals surface area contributed by atoms with E-state index in [-0.39, 0.29) is 17.7 Å². The topological polar surface area (TPSA) is 88.2 Å². The summed E-state index contributed by atoms with van der Waals surface area (Å²) in [5.74, 6) is 0.0108. The number of carbonyl (C=O) groups excluding carboxylic acids is 1. The Morgan fingerprint density at radius 1 is 1.43 bits per heavy atom. The molecule has 1 amide bonds. The molecular formula is C15H19N3O2S. The number of aromatic nitrogens is 1. The quantitative estimate of drug-likeness (QED) is 0.761. The first-order valence-electron chi connectivity index (χ1n) is 6.83. The molecule has 1 unspecified atom stereocenters. The summed E-state index contributed by atoms with van der Waals surface area (Å²) in [6.07, 6.45) is 2.93. The van der Waals surface area contributed by atoms with E-state index in [1.54, 1.807) is 30.5 Å². The van der Waals surface area contributed by atoms with Gasteiger partial charge < -0.3 is 16.2 Å². The van der Waals surface area contributed by atoms with Crippen molar-refractivity contribution in [2.24, 2.45) is 5.73 Å². The SMILES string of the molecule is CCC(NC(=O)[C@H](N)Cc1ccc(O)cc1)c1nccs1. The smallest absolute Gasteiger partial charge is 0.237 e. The molecule has 0 aliphatic rings. The van der Waals surface area contributed by atoms with E-state index in [4.69, 9.17) is 5.73 Å². The molecule has 0 radical (unpaired) electrons. The standard InChI is InChI=1S/C15H19N3O2S/c1-2-13(15-17-7-8-21-15)18-14(20)12(16)9-10-3-5-11(19)6-4-10/h3-8,12-13,19H,2,9,16H2,1H3,(H,18,20)/t12-,13?/m1/s1. The summed E-state index contributed by atoms with van der Waals surface area (Å²) in [5, 5.41) is 15.0. The van der Waals surface area contributed by atoms with E-state index in [1.807, 2.05) is 12.3 Å². The number of thiazole rings is 1. The third-order valence-corrected chi connectivity index (χ3v) is 4.09. The number of rotatable bonds is 6. The lowest BCUT2D eigenvalue weighted by atomic mass is 10.1. The highest BCUT2D eigenvalue weighted by Crippen LogP contribution is 2.19. The molecule has 6 heteroatoms. The Labute approximate surface area is 127 Å². The van der Waals surface area contributed by atoms with Gasteiger partial charge in [-0.25, -0.2) is 4.98 Å². The monoisotopic (exact) mass is 305 g/mol. The van der Waals surface area contributed by atoms with Gasteiger partial charge in [0.15, 0.2) is 0 Å². The average Bonchev–Trinajstić information content (AvgIpc) is 3.01. The van der Waals surface area contributed by atoms with E-state index in [9.17, 15) is 9.90 Å². The Morgan fingerprint density at radius 2 is 2.14 bits per heavy atom. The van der Waals surface area contributed by atoms with E-state index >= 15 is 0 Å². The van der Waals surface area contributed by atoms with Crippen LogP contribution in [0.25, 0.3) is 0 Å². The number of phenols is 1. The molecule has 0 aliphatic carbocycles. The third-order valence-electron chi connectivity index (χ3n) is 3.20. The van der Waals surface area contributed by atoms with Crippen molar-refractivity contribution < 1.29 is 9.90 Å². The molecular weight excluding hydrogens is 286 g/mol. The van der Waals surface area contributed by atoms with Crippen molar-refractivity contribution in [3.8, 4) is 5.75 Å². The average molecular weight is 305 g/mol. The lowest BCUT2D eigenvalue weighted by Gasteiger charge is -2.18. The fraction of sp³-hybridized carbons (Fsp3) is 0.333. The highest BCUT2D eigenvalue weighted by atomic mass is 32.1. The predicted molar refractivity (Wildman–Crippen MR) is 83.1 cm³/mol. The number of amides is 1. The van der Waals surface area contributed by atoms with Crippen molar-refractivity contribution in [1.29, 1.82) is 0 Å². The van der Waals surface area contributed by atoms with Crippen LogP contribution in [0.1, 0.15) is 30.0 Å². The van der Waals surface area contributed by atoms with Gasteiger partial charge in [0, 0.05) is 11.6 Å². The molecule has 0 spiro atoms. The third kappa shape index (κ3) is 4.27. The van der Waals surface area contributed by atoms with Gasteiger partial charge in [0.05, 0.1) is 12.1 Å². The van der Waals surface area contributed by atoms with E-state index < -0.39 is 6.04 Å². The second-order valence-corrected chi connectivity index (χ2v) is 5.74. The largest absolute Gasteiger partial charge is 0.508 e. The van der Waals surface area contributed by atoms with Gasteiger partial charge in [-0.15, -0.1) is 11.3 Å². The Kier molecular flexibility index (Phi) is 5.30.